The third-order valence-electron chi connectivity index (χ3n) is 7.00. The van der Waals surface area contributed by atoms with Gasteiger partial charge in [-0.25, -0.2) is 15.0 Å². The van der Waals surface area contributed by atoms with Crippen LogP contribution < -0.4 is 10.6 Å². The Balaban J connectivity index is 1.28. The summed E-state index contributed by atoms with van der Waals surface area (Å²) in [6.45, 7) is 2.19. The minimum atomic E-state index is -1.15. The number of ether oxygens (including phenoxy) is 1. The molecule has 1 saturated heterocycles. The van der Waals surface area contributed by atoms with E-state index >= 15 is 0 Å². The van der Waals surface area contributed by atoms with Gasteiger partial charge in [0.1, 0.15) is 24.6 Å². The molecule has 0 spiro atoms. The molecule has 1 fully saturated rings. The zero-order valence-corrected chi connectivity index (χ0v) is 20.6. The van der Waals surface area contributed by atoms with Crippen molar-refractivity contribution in [2.24, 2.45) is 0 Å². The van der Waals surface area contributed by atoms with Gasteiger partial charge in [0, 0.05) is 29.2 Å². The molecule has 4 heterocycles. The molecule has 38 heavy (non-hydrogen) atoms. The van der Waals surface area contributed by atoms with Crippen molar-refractivity contribution >= 4 is 33.8 Å². The van der Waals surface area contributed by atoms with Crippen molar-refractivity contribution in [2.45, 2.75) is 37.9 Å². The molecule has 194 valence electrons. The number of aromatic amines is 1. The highest BCUT2D eigenvalue weighted by atomic mass is 16.5. The Bertz CT molecular complexity index is 1610. The SMILES string of the molecule is Cc1ccccc1CNc1ncnc2c1ncn2[C@@H]1O[C@H](CO)[C@@H](O)[C@H]1NC(=O)c1ccc2[nH]ccc2c1. The number of carbonyl (C=O) groups is 1. The molecule has 5 N–H and O–H groups in total. The fraction of sp³-hybridized carbons (Fsp3) is 0.259. The van der Waals surface area contributed by atoms with Crippen molar-refractivity contribution in [2.75, 3.05) is 11.9 Å². The van der Waals surface area contributed by atoms with Gasteiger partial charge in [-0.15, -0.1) is 0 Å². The van der Waals surface area contributed by atoms with Crippen LogP contribution in [-0.2, 0) is 11.3 Å². The first-order chi connectivity index (χ1) is 18.5. The third kappa shape index (κ3) is 4.26. The molecule has 0 aliphatic carbocycles. The normalized spacial score (nSPS) is 21.2. The minimum Gasteiger partial charge on any atom is -0.394 e. The quantitative estimate of drug-likeness (QED) is 0.222. The molecule has 2 aromatic carbocycles. The van der Waals surface area contributed by atoms with Crippen molar-refractivity contribution in [1.82, 2.24) is 29.8 Å². The number of hydrogen-bond acceptors (Lipinski definition) is 8. The van der Waals surface area contributed by atoms with E-state index in [0.29, 0.717) is 29.1 Å². The highest BCUT2D eigenvalue weighted by molar-refractivity contribution is 5.98. The number of fused-ring (bicyclic) bond motifs is 2. The summed E-state index contributed by atoms with van der Waals surface area (Å²) >= 11 is 0. The number of aromatic nitrogens is 5. The lowest BCUT2D eigenvalue weighted by atomic mass is 10.1. The van der Waals surface area contributed by atoms with E-state index in [0.717, 1.165) is 22.0 Å². The van der Waals surface area contributed by atoms with E-state index in [-0.39, 0.29) is 5.91 Å². The number of anilines is 1. The lowest BCUT2D eigenvalue weighted by Gasteiger charge is -2.23. The maximum Gasteiger partial charge on any atom is 0.251 e. The Morgan fingerprint density at radius 1 is 1.16 bits per heavy atom. The number of rotatable bonds is 7. The summed E-state index contributed by atoms with van der Waals surface area (Å²) in [6, 6.07) is 14.4. The van der Waals surface area contributed by atoms with E-state index in [9.17, 15) is 15.0 Å². The number of aliphatic hydroxyl groups is 2. The molecule has 6 rings (SSSR count). The second-order valence-electron chi connectivity index (χ2n) is 9.34. The Hall–Kier alpha value is -4.32. The molecule has 0 bridgehead atoms. The third-order valence-corrected chi connectivity index (χ3v) is 7.00. The number of hydrogen-bond donors (Lipinski definition) is 5. The summed E-state index contributed by atoms with van der Waals surface area (Å²) in [5, 5.41) is 27.9. The van der Waals surface area contributed by atoms with E-state index < -0.39 is 31.1 Å². The molecular formula is C27H27N7O4. The summed E-state index contributed by atoms with van der Waals surface area (Å²) in [6.07, 6.45) is 1.87. The standard InChI is InChI=1S/C27H27N7O4/c1-15-4-2-3-5-18(15)11-29-24-22-25(31-13-30-24)34(14-32-22)27-21(23(36)20(12-35)38-27)33-26(37)17-6-7-19-16(10-17)8-9-28-19/h2-10,13-14,20-21,23,27-28,35-36H,11-12H2,1H3,(H,33,37)(H,29,30,31)/t20-,21-,23-,27-/m1/s1. The molecule has 1 aliphatic rings. The van der Waals surface area contributed by atoms with Crippen molar-refractivity contribution in [3.8, 4) is 0 Å². The lowest BCUT2D eigenvalue weighted by molar-refractivity contribution is -0.0440. The first-order valence-corrected chi connectivity index (χ1v) is 12.3. The van der Waals surface area contributed by atoms with Gasteiger partial charge in [0.2, 0.25) is 0 Å². The molecule has 1 amide bonds. The Morgan fingerprint density at radius 2 is 2.03 bits per heavy atom. The Morgan fingerprint density at radius 3 is 2.87 bits per heavy atom. The topological polar surface area (TPSA) is 150 Å². The molecule has 0 unspecified atom stereocenters. The number of imidazole rings is 1. The molecule has 5 aromatic rings. The molecule has 11 nitrogen and oxygen atoms in total. The van der Waals surface area contributed by atoms with E-state index in [1.807, 2.05) is 43.3 Å². The van der Waals surface area contributed by atoms with Gasteiger partial charge in [-0.2, -0.15) is 0 Å². The van der Waals surface area contributed by atoms with E-state index in [1.54, 1.807) is 29.2 Å². The van der Waals surface area contributed by atoms with Crippen LogP contribution in [0.5, 0.6) is 0 Å². The van der Waals surface area contributed by atoms with Gasteiger partial charge in [-0.3, -0.25) is 9.36 Å². The smallest absolute Gasteiger partial charge is 0.251 e. The first-order valence-electron chi connectivity index (χ1n) is 12.3. The zero-order chi connectivity index (χ0) is 26.2. The van der Waals surface area contributed by atoms with Gasteiger partial charge >= 0.3 is 0 Å². The van der Waals surface area contributed by atoms with Crippen LogP contribution in [0, 0.1) is 6.92 Å². The van der Waals surface area contributed by atoms with Gasteiger partial charge < -0.3 is 30.6 Å². The number of amides is 1. The Labute approximate surface area is 217 Å². The van der Waals surface area contributed by atoms with Gasteiger partial charge in [0.15, 0.2) is 23.2 Å². The highest BCUT2D eigenvalue weighted by Gasteiger charge is 2.46. The van der Waals surface area contributed by atoms with Gasteiger partial charge in [0.25, 0.3) is 5.91 Å². The van der Waals surface area contributed by atoms with Crippen LogP contribution in [0.25, 0.3) is 22.1 Å². The van der Waals surface area contributed by atoms with Crippen molar-refractivity contribution in [3.05, 3.63) is 84.1 Å². The average Bonchev–Trinajstić information content (AvgIpc) is 3.65. The fourth-order valence-electron chi connectivity index (χ4n) is 4.87. The number of nitrogens with zero attached hydrogens (tertiary/aromatic N) is 4. The number of aryl methyl sites for hydroxylation is 1. The monoisotopic (exact) mass is 513 g/mol. The molecule has 11 heteroatoms. The predicted octanol–water partition coefficient (Wildman–Crippen LogP) is 2.28. The second kappa shape index (κ2) is 9.86. The summed E-state index contributed by atoms with van der Waals surface area (Å²) in [7, 11) is 0. The van der Waals surface area contributed by atoms with Crippen LogP contribution in [0.1, 0.15) is 27.7 Å². The number of carbonyl (C=O) groups excluding carboxylic acids is 1. The molecule has 0 radical (unpaired) electrons. The predicted molar refractivity (Wildman–Crippen MR) is 140 cm³/mol. The van der Waals surface area contributed by atoms with Crippen molar-refractivity contribution < 1.29 is 19.7 Å². The summed E-state index contributed by atoms with van der Waals surface area (Å²) in [4.78, 5) is 29.6. The summed E-state index contributed by atoms with van der Waals surface area (Å²) in [5.74, 6) is 0.179. The average molecular weight is 514 g/mol. The van der Waals surface area contributed by atoms with E-state index in [2.05, 4.69) is 30.6 Å². The number of aliphatic hydroxyl groups excluding tert-OH is 2. The van der Waals surface area contributed by atoms with Crippen LogP contribution in [0.15, 0.2) is 67.4 Å². The highest BCUT2D eigenvalue weighted by Crippen LogP contribution is 2.32. The number of benzene rings is 2. The van der Waals surface area contributed by atoms with Crippen LogP contribution in [0.2, 0.25) is 0 Å². The second-order valence-corrected chi connectivity index (χ2v) is 9.34. The summed E-state index contributed by atoms with van der Waals surface area (Å²) in [5.41, 5.74) is 4.64. The van der Waals surface area contributed by atoms with Crippen molar-refractivity contribution in [3.63, 3.8) is 0 Å². The largest absolute Gasteiger partial charge is 0.394 e. The van der Waals surface area contributed by atoms with Gasteiger partial charge in [-0.1, -0.05) is 24.3 Å². The molecule has 4 atom stereocenters. The van der Waals surface area contributed by atoms with Crippen LogP contribution in [0.3, 0.4) is 0 Å². The Kier molecular flexibility index (Phi) is 6.24. The lowest BCUT2D eigenvalue weighted by Crippen LogP contribution is -2.46. The maximum atomic E-state index is 13.2. The zero-order valence-electron chi connectivity index (χ0n) is 20.6. The van der Waals surface area contributed by atoms with Gasteiger partial charge in [0.05, 0.1) is 12.9 Å². The van der Waals surface area contributed by atoms with Gasteiger partial charge in [-0.05, 0) is 42.3 Å². The number of H-pyrrole nitrogens is 1. The van der Waals surface area contributed by atoms with Crippen LogP contribution in [-0.4, -0.2) is 65.5 Å². The molecule has 3 aromatic heterocycles. The molecular weight excluding hydrogens is 486 g/mol. The molecule has 0 saturated carbocycles. The van der Waals surface area contributed by atoms with E-state index in [4.69, 9.17) is 4.74 Å². The maximum absolute atomic E-state index is 13.2. The number of nitrogens with one attached hydrogen (secondary N) is 3. The van der Waals surface area contributed by atoms with E-state index in [1.165, 1.54) is 6.33 Å². The van der Waals surface area contributed by atoms with Crippen LogP contribution in [0.4, 0.5) is 5.82 Å². The van der Waals surface area contributed by atoms with Crippen molar-refractivity contribution in [1.29, 1.82) is 0 Å². The first kappa shape index (κ1) is 24.0. The fourth-order valence-corrected chi connectivity index (χ4v) is 4.87. The summed E-state index contributed by atoms with van der Waals surface area (Å²) < 4.78 is 7.64. The minimum absolute atomic E-state index is 0.371. The molecule has 1 aliphatic heterocycles. The van der Waals surface area contributed by atoms with Crippen LogP contribution >= 0.6 is 0 Å².